The van der Waals surface area contributed by atoms with E-state index in [1.54, 1.807) is 39.2 Å². The molecule has 0 saturated heterocycles. The molecule has 158 valence electrons. The minimum atomic E-state index is -0.925. The molecule has 1 atom stereocenters. The van der Waals surface area contributed by atoms with Gasteiger partial charge in [-0.3, -0.25) is 4.79 Å². The Hall–Kier alpha value is -2.08. The Morgan fingerprint density at radius 3 is 2.46 bits per heavy atom. The van der Waals surface area contributed by atoms with E-state index in [1.165, 1.54) is 0 Å². The number of carbonyl (C=O) groups excluding carboxylic acids is 2. The first-order valence-corrected chi connectivity index (χ1v) is 10.1. The number of hydrogen-bond donors (Lipinski definition) is 1. The van der Waals surface area contributed by atoms with Crippen LogP contribution in [0.2, 0.25) is 0 Å². The van der Waals surface area contributed by atoms with Crippen molar-refractivity contribution in [3.63, 3.8) is 0 Å². The van der Waals surface area contributed by atoms with Crippen LogP contribution in [0, 0.1) is 5.92 Å². The molecule has 28 heavy (non-hydrogen) atoms. The van der Waals surface area contributed by atoms with E-state index in [0.29, 0.717) is 35.9 Å². The van der Waals surface area contributed by atoms with E-state index in [2.05, 4.69) is 12.2 Å². The number of amides is 1. The van der Waals surface area contributed by atoms with Gasteiger partial charge in [0.15, 0.2) is 0 Å². The second kappa shape index (κ2) is 11.7. The van der Waals surface area contributed by atoms with Gasteiger partial charge in [-0.15, -0.1) is 0 Å². The highest BCUT2D eigenvalue weighted by atomic mass is 16.5. The smallest absolute Gasteiger partial charge is 0.341 e. The van der Waals surface area contributed by atoms with E-state index in [-0.39, 0.29) is 12.5 Å². The average Bonchev–Trinajstić information content (AvgIpc) is 2.66. The van der Waals surface area contributed by atoms with Crippen molar-refractivity contribution in [1.82, 2.24) is 0 Å². The lowest BCUT2D eigenvalue weighted by Crippen LogP contribution is -2.42. The van der Waals surface area contributed by atoms with E-state index in [1.807, 2.05) is 13.8 Å². The predicted molar refractivity (Wildman–Crippen MR) is 111 cm³/mol. The number of unbranched alkanes of at least 4 members (excludes halogenated alkanes) is 2. The number of esters is 1. The first-order chi connectivity index (χ1) is 13.3. The molecule has 1 N–H and O–H groups in total. The standard InChI is InChI=1S/C22H35NO5/c1-7-9-10-13-22(5,26-6)21(25)23-17-11-12-19(28-15-16(3)4)18(14-17)20(24)27-8-2/h11-12,14,16H,7-10,13,15H2,1-6H3,(H,23,25)/t22-/m0/s1. The fourth-order valence-corrected chi connectivity index (χ4v) is 2.64. The van der Waals surface area contributed by atoms with Crippen molar-refractivity contribution < 1.29 is 23.8 Å². The number of carbonyl (C=O) groups is 2. The summed E-state index contributed by atoms with van der Waals surface area (Å²) in [4.78, 5) is 25.1. The van der Waals surface area contributed by atoms with Crippen LogP contribution in [0.15, 0.2) is 18.2 Å². The molecule has 0 aliphatic heterocycles. The Bertz CT molecular complexity index is 644. The van der Waals surface area contributed by atoms with Gasteiger partial charge in [-0.1, -0.05) is 40.0 Å². The van der Waals surface area contributed by atoms with Crippen LogP contribution in [-0.2, 0) is 14.3 Å². The Kier molecular flexibility index (Phi) is 10.0. The average molecular weight is 394 g/mol. The molecular weight excluding hydrogens is 358 g/mol. The molecule has 1 amide bonds. The zero-order chi connectivity index (χ0) is 21.2. The van der Waals surface area contributed by atoms with E-state index in [4.69, 9.17) is 14.2 Å². The third-order valence-electron chi connectivity index (χ3n) is 4.49. The highest BCUT2D eigenvalue weighted by Crippen LogP contribution is 2.26. The quantitative estimate of drug-likeness (QED) is 0.407. The molecule has 0 aliphatic carbocycles. The lowest BCUT2D eigenvalue weighted by Gasteiger charge is -2.27. The molecule has 0 unspecified atom stereocenters. The Balaban J connectivity index is 3.01. The summed E-state index contributed by atoms with van der Waals surface area (Å²) in [7, 11) is 1.54. The Labute approximate surface area is 168 Å². The molecule has 0 spiro atoms. The minimum Gasteiger partial charge on any atom is -0.492 e. The molecule has 0 aliphatic rings. The van der Waals surface area contributed by atoms with Gasteiger partial charge in [0.2, 0.25) is 0 Å². The summed E-state index contributed by atoms with van der Waals surface area (Å²) in [5.41, 5.74) is -0.124. The van der Waals surface area contributed by atoms with Gasteiger partial charge in [0.05, 0.1) is 13.2 Å². The summed E-state index contributed by atoms with van der Waals surface area (Å²) >= 11 is 0. The first-order valence-electron chi connectivity index (χ1n) is 10.1. The lowest BCUT2D eigenvalue weighted by molar-refractivity contribution is -0.136. The van der Waals surface area contributed by atoms with Crippen LogP contribution >= 0.6 is 0 Å². The number of hydrogen-bond acceptors (Lipinski definition) is 5. The maximum Gasteiger partial charge on any atom is 0.341 e. The molecule has 6 heteroatoms. The largest absolute Gasteiger partial charge is 0.492 e. The fraction of sp³-hybridized carbons (Fsp3) is 0.636. The van der Waals surface area contributed by atoms with Gasteiger partial charge in [-0.2, -0.15) is 0 Å². The van der Waals surface area contributed by atoms with Crippen molar-refractivity contribution in [2.45, 2.75) is 65.9 Å². The van der Waals surface area contributed by atoms with Gasteiger partial charge in [0.1, 0.15) is 16.9 Å². The van der Waals surface area contributed by atoms with Gasteiger partial charge >= 0.3 is 5.97 Å². The van der Waals surface area contributed by atoms with Crippen molar-refractivity contribution >= 4 is 17.6 Å². The van der Waals surface area contributed by atoms with Crippen LogP contribution in [-0.4, -0.2) is 37.8 Å². The highest BCUT2D eigenvalue weighted by Gasteiger charge is 2.32. The molecule has 0 saturated carbocycles. The predicted octanol–water partition coefficient (Wildman–Crippen LogP) is 4.82. The van der Waals surface area contributed by atoms with Crippen LogP contribution in [0.1, 0.15) is 70.7 Å². The molecule has 0 radical (unpaired) electrons. The number of nitrogens with one attached hydrogen (secondary N) is 1. The number of methoxy groups -OCH3 is 1. The molecule has 0 aromatic heterocycles. The molecule has 0 bridgehead atoms. The summed E-state index contributed by atoms with van der Waals surface area (Å²) in [5.74, 6) is 0.0501. The van der Waals surface area contributed by atoms with Crippen LogP contribution in [0.4, 0.5) is 5.69 Å². The molecule has 1 aromatic carbocycles. The van der Waals surface area contributed by atoms with Gasteiger partial charge in [-0.05, 0) is 44.4 Å². The number of benzene rings is 1. The monoisotopic (exact) mass is 393 g/mol. The third-order valence-corrected chi connectivity index (χ3v) is 4.49. The number of anilines is 1. The molecule has 1 rings (SSSR count). The molecule has 6 nitrogen and oxygen atoms in total. The summed E-state index contributed by atoms with van der Waals surface area (Å²) in [6.07, 6.45) is 3.65. The van der Waals surface area contributed by atoms with Crippen LogP contribution < -0.4 is 10.1 Å². The van der Waals surface area contributed by atoms with Crippen molar-refractivity contribution in [3.8, 4) is 5.75 Å². The molecule has 1 aromatic rings. The minimum absolute atomic E-state index is 0.239. The van der Waals surface area contributed by atoms with Crippen LogP contribution in [0.3, 0.4) is 0 Å². The molecular formula is C22H35NO5. The topological polar surface area (TPSA) is 73.9 Å². The maximum absolute atomic E-state index is 12.8. The van der Waals surface area contributed by atoms with Crippen molar-refractivity contribution in [1.29, 1.82) is 0 Å². The van der Waals surface area contributed by atoms with Crippen molar-refractivity contribution in [3.05, 3.63) is 23.8 Å². The summed E-state index contributed by atoms with van der Waals surface area (Å²) in [5, 5.41) is 2.86. The zero-order valence-electron chi connectivity index (χ0n) is 18.1. The molecule has 0 fully saturated rings. The second-order valence-corrected chi connectivity index (χ2v) is 7.48. The highest BCUT2D eigenvalue weighted by molar-refractivity contribution is 5.99. The number of ether oxygens (including phenoxy) is 3. The van der Waals surface area contributed by atoms with E-state index in [9.17, 15) is 9.59 Å². The normalized spacial score (nSPS) is 13.1. The first kappa shape index (κ1) is 24.0. The van der Waals surface area contributed by atoms with Gasteiger partial charge in [0.25, 0.3) is 5.91 Å². The fourth-order valence-electron chi connectivity index (χ4n) is 2.64. The summed E-state index contributed by atoms with van der Waals surface area (Å²) in [6, 6.07) is 5.00. The maximum atomic E-state index is 12.8. The van der Waals surface area contributed by atoms with E-state index < -0.39 is 11.6 Å². The third kappa shape index (κ3) is 7.15. The second-order valence-electron chi connectivity index (χ2n) is 7.48. The van der Waals surface area contributed by atoms with Crippen LogP contribution in [0.5, 0.6) is 5.75 Å². The van der Waals surface area contributed by atoms with Crippen molar-refractivity contribution in [2.24, 2.45) is 5.92 Å². The molecule has 0 heterocycles. The zero-order valence-corrected chi connectivity index (χ0v) is 18.1. The van der Waals surface area contributed by atoms with E-state index in [0.717, 1.165) is 19.3 Å². The van der Waals surface area contributed by atoms with Gasteiger partial charge in [0, 0.05) is 12.8 Å². The Morgan fingerprint density at radius 2 is 1.89 bits per heavy atom. The summed E-state index contributed by atoms with van der Waals surface area (Å²) in [6.45, 7) is 10.5. The van der Waals surface area contributed by atoms with Crippen molar-refractivity contribution in [2.75, 3.05) is 25.6 Å². The SMILES string of the molecule is CCCCC[C@](C)(OC)C(=O)Nc1ccc(OCC(C)C)c(C(=O)OCC)c1. The van der Waals surface area contributed by atoms with Gasteiger partial charge in [-0.25, -0.2) is 4.79 Å². The lowest BCUT2D eigenvalue weighted by atomic mass is 9.96. The van der Waals surface area contributed by atoms with Crippen LogP contribution in [0.25, 0.3) is 0 Å². The van der Waals surface area contributed by atoms with Gasteiger partial charge < -0.3 is 19.5 Å². The Morgan fingerprint density at radius 1 is 1.18 bits per heavy atom. The van der Waals surface area contributed by atoms with E-state index >= 15 is 0 Å². The summed E-state index contributed by atoms with van der Waals surface area (Å²) < 4.78 is 16.4. The number of rotatable bonds is 12.